The molecule has 0 bridgehead atoms. The lowest BCUT2D eigenvalue weighted by atomic mass is 10.2. The van der Waals surface area contributed by atoms with Crippen molar-refractivity contribution in [2.24, 2.45) is 0 Å². The van der Waals surface area contributed by atoms with Gasteiger partial charge in [-0.2, -0.15) is 0 Å². The highest BCUT2D eigenvalue weighted by Crippen LogP contribution is 2.11. The lowest BCUT2D eigenvalue weighted by molar-refractivity contribution is 0.0527. The topological polar surface area (TPSA) is 61.2 Å². The number of carbonyl (C=O) groups excluding carboxylic acids is 2. The van der Waals surface area contributed by atoms with Crippen molar-refractivity contribution in [2.45, 2.75) is 33.3 Å². The Bertz CT molecular complexity index is 388. The Hall–Kier alpha value is -1.65. The van der Waals surface area contributed by atoms with Crippen LogP contribution in [0.1, 0.15) is 37.1 Å². The van der Waals surface area contributed by atoms with Gasteiger partial charge in [0, 0.05) is 0 Å². The van der Waals surface area contributed by atoms with Crippen LogP contribution in [0, 0.1) is 6.92 Å². The maximum Gasteiger partial charge on any atom is 0.420 e. The van der Waals surface area contributed by atoms with Crippen LogP contribution in [0.5, 0.6) is 0 Å². The zero-order chi connectivity index (χ0) is 11.6. The van der Waals surface area contributed by atoms with Crippen molar-refractivity contribution in [3.8, 4) is 0 Å². The Morgan fingerprint density at radius 1 is 1.53 bits per heavy atom. The fourth-order valence-electron chi connectivity index (χ4n) is 1.09. The molecule has 1 aromatic rings. The van der Waals surface area contributed by atoms with Gasteiger partial charge in [0.1, 0.15) is 17.1 Å². The van der Waals surface area contributed by atoms with Gasteiger partial charge in [-0.15, -0.1) is 0 Å². The fraction of sp³-hybridized carbons (Fsp3) is 0.500. The molecule has 0 saturated heterocycles. The van der Waals surface area contributed by atoms with Crippen molar-refractivity contribution in [1.82, 2.24) is 9.55 Å². The molecular weight excluding hydrogens is 196 g/mol. The summed E-state index contributed by atoms with van der Waals surface area (Å²) in [4.78, 5) is 26.2. The number of aldehydes is 1. The van der Waals surface area contributed by atoms with Crippen molar-refractivity contribution in [3.63, 3.8) is 0 Å². The third-order valence-electron chi connectivity index (χ3n) is 1.66. The molecule has 0 N–H and O–H groups in total. The molecular formula is C10H14N2O3. The second-order valence-corrected chi connectivity index (χ2v) is 4.16. The summed E-state index contributed by atoms with van der Waals surface area (Å²) in [6.45, 7) is 6.92. The molecule has 0 amide bonds. The molecule has 0 unspecified atom stereocenters. The summed E-state index contributed by atoms with van der Waals surface area (Å²) < 4.78 is 6.28. The molecule has 0 aromatic carbocycles. The molecule has 5 nitrogen and oxygen atoms in total. The van der Waals surface area contributed by atoms with Crippen molar-refractivity contribution in [2.75, 3.05) is 0 Å². The van der Waals surface area contributed by atoms with Gasteiger partial charge in [-0.1, -0.05) is 0 Å². The van der Waals surface area contributed by atoms with E-state index in [-0.39, 0.29) is 5.69 Å². The summed E-state index contributed by atoms with van der Waals surface area (Å²) in [5, 5.41) is 0. The minimum absolute atomic E-state index is 0.196. The van der Waals surface area contributed by atoms with E-state index in [1.807, 2.05) is 0 Å². The van der Waals surface area contributed by atoms with E-state index in [4.69, 9.17) is 4.74 Å². The summed E-state index contributed by atoms with van der Waals surface area (Å²) in [6, 6.07) is 0. The Morgan fingerprint density at radius 3 is 2.60 bits per heavy atom. The Morgan fingerprint density at radius 2 is 2.13 bits per heavy atom. The molecule has 82 valence electrons. The van der Waals surface area contributed by atoms with E-state index in [2.05, 4.69) is 4.98 Å². The number of imidazole rings is 1. The molecule has 0 radical (unpaired) electrons. The molecule has 0 aliphatic heterocycles. The average Bonchev–Trinajstić information content (AvgIpc) is 2.43. The highest BCUT2D eigenvalue weighted by atomic mass is 16.6. The number of carbonyl (C=O) groups is 2. The first-order valence-corrected chi connectivity index (χ1v) is 4.58. The molecule has 5 heteroatoms. The van der Waals surface area contributed by atoms with Crippen LogP contribution in [0.15, 0.2) is 6.20 Å². The number of rotatable bonds is 1. The van der Waals surface area contributed by atoms with Gasteiger partial charge in [-0.3, -0.25) is 4.79 Å². The molecule has 0 aliphatic carbocycles. The van der Waals surface area contributed by atoms with Gasteiger partial charge in [0.05, 0.1) is 6.20 Å². The summed E-state index contributed by atoms with van der Waals surface area (Å²) in [5.74, 6) is 0.436. The molecule has 1 aromatic heterocycles. The van der Waals surface area contributed by atoms with E-state index >= 15 is 0 Å². The number of aromatic nitrogens is 2. The van der Waals surface area contributed by atoms with Crippen molar-refractivity contribution in [3.05, 3.63) is 17.7 Å². The van der Waals surface area contributed by atoms with Gasteiger partial charge in [0.15, 0.2) is 6.29 Å². The lowest BCUT2D eigenvalue weighted by Gasteiger charge is -2.20. The summed E-state index contributed by atoms with van der Waals surface area (Å²) >= 11 is 0. The van der Waals surface area contributed by atoms with Gasteiger partial charge >= 0.3 is 6.09 Å². The largest absolute Gasteiger partial charge is 0.443 e. The third-order valence-corrected chi connectivity index (χ3v) is 1.66. The van der Waals surface area contributed by atoms with Gasteiger partial charge < -0.3 is 4.74 Å². The zero-order valence-corrected chi connectivity index (χ0v) is 9.27. The molecule has 1 heterocycles. The molecule has 15 heavy (non-hydrogen) atoms. The Kier molecular flexibility index (Phi) is 2.93. The van der Waals surface area contributed by atoms with E-state index in [0.29, 0.717) is 12.1 Å². The maximum absolute atomic E-state index is 11.7. The molecule has 0 atom stereocenters. The normalized spacial score (nSPS) is 11.2. The quantitative estimate of drug-likeness (QED) is 0.663. The molecule has 0 saturated carbocycles. The summed E-state index contributed by atoms with van der Waals surface area (Å²) in [6.07, 6.45) is 1.33. The summed E-state index contributed by atoms with van der Waals surface area (Å²) in [7, 11) is 0. The first kappa shape index (κ1) is 11.4. The van der Waals surface area contributed by atoms with Crippen LogP contribution < -0.4 is 0 Å². The average molecular weight is 210 g/mol. The minimum atomic E-state index is -0.589. The highest BCUT2D eigenvalue weighted by molar-refractivity contribution is 5.82. The summed E-state index contributed by atoms with van der Waals surface area (Å²) in [5.41, 5.74) is -0.393. The molecule has 0 fully saturated rings. The van der Waals surface area contributed by atoms with Crippen LogP contribution in [0.25, 0.3) is 0 Å². The van der Waals surface area contributed by atoms with Gasteiger partial charge in [0.25, 0.3) is 0 Å². The van der Waals surface area contributed by atoms with E-state index in [1.54, 1.807) is 27.7 Å². The Balaban J connectivity index is 3.00. The maximum atomic E-state index is 11.7. The fourth-order valence-corrected chi connectivity index (χ4v) is 1.09. The zero-order valence-electron chi connectivity index (χ0n) is 9.27. The van der Waals surface area contributed by atoms with Crippen LogP contribution in [0.3, 0.4) is 0 Å². The second kappa shape index (κ2) is 3.84. The van der Waals surface area contributed by atoms with E-state index in [9.17, 15) is 9.59 Å². The lowest BCUT2D eigenvalue weighted by Crippen LogP contribution is -2.28. The van der Waals surface area contributed by atoms with Gasteiger partial charge in [0.2, 0.25) is 0 Å². The first-order valence-electron chi connectivity index (χ1n) is 4.58. The van der Waals surface area contributed by atoms with Crippen LogP contribution in [0.4, 0.5) is 4.79 Å². The number of nitrogens with zero attached hydrogens (tertiary/aromatic N) is 2. The number of hydrogen-bond donors (Lipinski definition) is 0. The minimum Gasteiger partial charge on any atom is -0.443 e. The van der Waals surface area contributed by atoms with E-state index < -0.39 is 11.7 Å². The van der Waals surface area contributed by atoms with Crippen molar-refractivity contribution in [1.29, 1.82) is 0 Å². The standard InChI is InChI=1S/C10H14N2O3/c1-7-11-5-8(6-13)12(7)9(14)15-10(2,3)4/h5-6H,1-4H3. The highest BCUT2D eigenvalue weighted by Gasteiger charge is 2.21. The van der Waals surface area contributed by atoms with Crippen molar-refractivity contribution < 1.29 is 14.3 Å². The Labute approximate surface area is 88.1 Å². The van der Waals surface area contributed by atoms with Crippen LogP contribution in [0.2, 0.25) is 0 Å². The van der Waals surface area contributed by atoms with Crippen LogP contribution in [-0.2, 0) is 4.74 Å². The van der Waals surface area contributed by atoms with E-state index in [1.165, 1.54) is 6.20 Å². The number of hydrogen-bond acceptors (Lipinski definition) is 4. The van der Waals surface area contributed by atoms with Gasteiger partial charge in [-0.25, -0.2) is 14.3 Å². The first-order chi connectivity index (χ1) is 6.85. The second-order valence-electron chi connectivity index (χ2n) is 4.16. The van der Waals surface area contributed by atoms with E-state index in [0.717, 1.165) is 4.57 Å². The monoisotopic (exact) mass is 210 g/mol. The SMILES string of the molecule is Cc1ncc(C=O)n1C(=O)OC(C)(C)C. The molecule has 1 rings (SSSR count). The number of ether oxygens (including phenoxy) is 1. The number of aryl methyl sites for hydroxylation is 1. The predicted octanol–water partition coefficient (Wildman–Crippen LogP) is 1.79. The van der Waals surface area contributed by atoms with Gasteiger partial charge in [-0.05, 0) is 27.7 Å². The molecule has 0 spiro atoms. The molecule has 0 aliphatic rings. The van der Waals surface area contributed by atoms with Crippen molar-refractivity contribution >= 4 is 12.4 Å². The smallest absolute Gasteiger partial charge is 0.420 e. The van der Waals surface area contributed by atoms with Crippen LogP contribution in [-0.4, -0.2) is 27.5 Å². The third kappa shape index (κ3) is 2.65. The van der Waals surface area contributed by atoms with Crippen LogP contribution >= 0.6 is 0 Å². The predicted molar refractivity (Wildman–Crippen MR) is 54.0 cm³/mol.